The Kier molecular flexibility index (Phi) is 8.08. The molecule has 1 aromatic rings. The molecule has 3 aliphatic heterocycles. The normalized spacial score (nSPS) is 23.4. The zero-order valence-corrected chi connectivity index (χ0v) is 19.8. The lowest BCUT2D eigenvalue weighted by atomic mass is 10.1. The number of hydrogen-bond donors (Lipinski definition) is 1. The molecule has 4 heterocycles. The number of hydrogen-bond acceptors (Lipinski definition) is 5. The number of nitrogens with one attached hydrogen (secondary N) is 1. The van der Waals surface area contributed by atoms with Gasteiger partial charge in [-0.15, -0.1) is 0 Å². The molecule has 0 bridgehead atoms. The molecule has 0 radical (unpaired) electrons. The highest BCUT2D eigenvalue weighted by Crippen LogP contribution is 2.24. The zero-order chi connectivity index (χ0) is 22.3. The molecule has 8 heteroatoms. The van der Waals surface area contributed by atoms with Crippen molar-refractivity contribution < 1.29 is 9.21 Å². The van der Waals surface area contributed by atoms with Crippen molar-refractivity contribution in [2.75, 3.05) is 66.0 Å². The van der Waals surface area contributed by atoms with E-state index in [2.05, 4.69) is 38.0 Å². The third kappa shape index (κ3) is 5.46. The van der Waals surface area contributed by atoms with Crippen LogP contribution in [0.25, 0.3) is 0 Å². The van der Waals surface area contributed by atoms with Gasteiger partial charge < -0.3 is 19.5 Å². The van der Waals surface area contributed by atoms with Crippen LogP contribution >= 0.6 is 0 Å². The van der Waals surface area contributed by atoms with E-state index in [1.54, 1.807) is 6.26 Å². The highest BCUT2D eigenvalue weighted by molar-refractivity contribution is 5.82. The number of rotatable bonds is 6. The van der Waals surface area contributed by atoms with Gasteiger partial charge in [0.1, 0.15) is 5.76 Å². The first-order valence-corrected chi connectivity index (χ1v) is 12.4. The number of aliphatic imine (C=N–C) groups is 1. The van der Waals surface area contributed by atoms with Gasteiger partial charge in [0, 0.05) is 52.9 Å². The molecule has 0 saturated carbocycles. The number of amides is 1. The quantitative estimate of drug-likeness (QED) is 0.535. The predicted octanol–water partition coefficient (Wildman–Crippen LogP) is 2.01. The van der Waals surface area contributed by atoms with Crippen molar-refractivity contribution in [3.63, 3.8) is 0 Å². The second-order valence-corrected chi connectivity index (χ2v) is 9.29. The Morgan fingerprint density at radius 1 is 0.969 bits per heavy atom. The van der Waals surface area contributed by atoms with Gasteiger partial charge in [0.15, 0.2) is 5.96 Å². The van der Waals surface area contributed by atoms with Crippen LogP contribution in [0.5, 0.6) is 0 Å². The molecule has 4 rings (SSSR count). The molecular weight excluding hydrogens is 404 g/mol. The first-order valence-electron chi connectivity index (χ1n) is 12.4. The summed E-state index contributed by atoms with van der Waals surface area (Å²) < 4.78 is 5.79. The fourth-order valence-corrected chi connectivity index (χ4v) is 5.32. The van der Waals surface area contributed by atoms with Gasteiger partial charge in [-0.2, -0.15) is 0 Å². The molecule has 0 aromatic carbocycles. The van der Waals surface area contributed by atoms with Gasteiger partial charge in [-0.25, -0.2) is 0 Å². The van der Waals surface area contributed by atoms with Crippen molar-refractivity contribution in [2.45, 2.75) is 51.1 Å². The average molecular weight is 445 g/mol. The number of guanidine groups is 1. The molecule has 3 fully saturated rings. The molecule has 1 aromatic heterocycles. The number of piperazine rings is 1. The van der Waals surface area contributed by atoms with Crippen molar-refractivity contribution in [2.24, 2.45) is 4.99 Å². The topological polar surface area (TPSA) is 67.6 Å². The molecule has 2 unspecified atom stereocenters. The van der Waals surface area contributed by atoms with E-state index in [0.29, 0.717) is 5.91 Å². The van der Waals surface area contributed by atoms with Crippen LogP contribution in [0.2, 0.25) is 0 Å². The number of nitrogens with zero attached hydrogens (tertiary/aromatic N) is 5. The van der Waals surface area contributed by atoms with Gasteiger partial charge in [-0.1, -0.05) is 6.42 Å². The van der Waals surface area contributed by atoms with E-state index >= 15 is 0 Å². The molecule has 1 N–H and O–H groups in total. The Labute approximate surface area is 192 Å². The molecular formula is C24H40N6O2. The highest BCUT2D eigenvalue weighted by atomic mass is 16.3. The number of carbonyl (C=O) groups is 1. The summed E-state index contributed by atoms with van der Waals surface area (Å²) in [7, 11) is 1.86. The van der Waals surface area contributed by atoms with Crippen LogP contribution in [0.3, 0.4) is 0 Å². The van der Waals surface area contributed by atoms with Crippen LogP contribution in [-0.2, 0) is 4.79 Å². The Hall–Kier alpha value is -2.06. The van der Waals surface area contributed by atoms with E-state index in [4.69, 9.17) is 4.42 Å². The number of likely N-dealkylation sites (tertiary alicyclic amines) is 2. The van der Waals surface area contributed by atoms with E-state index in [9.17, 15) is 4.79 Å². The summed E-state index contributed by atoms with van der Waals surface area (Å²) in [6, 6.07) is 4.25. The molecule has 2 atom stereocenters. The van der Waals surface area contributed by atoms with Crippen LogP contribution in [0.4, 0.5) is 0 Å². The van der Waals surface area contributed by atoms with Crippen molar-refractivity contribution >= 4 is 11.9 Å². The maximum absolute atomic E-state index is 12.8. The maximum Gasteiger partial charge on any atom is 0.239 e. The van der Waals surface area contributed by atoms with Gasteiger partial charge >= 0.3 is 0 Å². The van der Waals surface area contributed by atoms with Crippen molar-refractivity contribution in [3.05, 3.63) is 24.2 Å². The smallest absolute Gasteiger partial charge is 0.239 e. The van der Waals surface area contributed by atoms with Gasteiger partial charge in [-0.3, -0.25) is 19.6 Å². The van der Waals surface area contributed by atoms with Gasteiger partial charge in [0.25, 0.3) is 0 Å². The van der Waals surface area contributed by atoms with E-state index in [1.807, 2.05) is 18.0 Å². The molecule has 178 valence electrons. The molecule has 32 heavy (non-hydrogen) atoms. The van der Waals surface area contributed by atoms with Gasteiger partial charge in [-0.05, 0) is 57.8 Å². The molecule has 0 aliphatic carbocycles. The van der Waals surface area contributed by atoms with Crippen molar-refractivity contribution in [1.29, 1.82) is 0 Å². The van der Waals surface area contributed by atoms with Crippen LogP contribution in [0.1, 0.15) is 50.8 Å². The summed E-state index contributed by atoms with van der Waals surface area (Å²) in [5, 5.41) is 3.62. The summed E-state index contributed by atoms with van der Waals surface area (Å²) in [5.41, 5.74) is 0. The maximum atomic E-state index is 12.8. The summed E-state index contributed by atoms with van der Waals surface area (Å²) in [4.78, 5) is 26.6. The Morgan fingerprint density at radius 3 is 2.28 bits per heavy atom. The van der Waals surface area contributed by atoms with E-state index in [0.717, 1.165) is 83.5 Å². The lowest BCUT2D eigenvalue weighted by Crippen LogP contribution is -2.57. The molecule has 0 spiro atoms. The number of carbonyl (C=O) groups excluding carboxylic acids is 1. The predicted molar refractivity (Wildman–Crippen MR) is 127 cm³/mol. The fraction of sp³-hybridized carbons (Fsp3) is 0.750. The summed E-state index contributed by atoms with van der Waals surface area (Å²) in [6.45, 7) is 10.5. The van der Waals surface area contributed by atoms with Crippen LogP contribution < -0.4 is 5.32 Å². The minimum atomic E-state index is -0.0346. The Morgan fingerprint density at radius 2 is 1.66 bits per heavy atom. The third-order valence-corrected chi connectivity index (χ3v) is 7.31. The molecule has 3 saturated heterocycles. The first-order chi connectivity index (χ1) is 15.7. The highest BCUT2D eigenvalue weighted by Gasteiger charge is 2.31. The second kappa shape index (κ2) is 11.2. The number of piperidine rings is 1. The largest absolute Gasteiger partial charge is 0.468 e. The van der Waals surface area contributed by atoms with Crippen molar-refractivity contribution in [1.82, 2.24) is 24.9 Å². The first kappa shape index (κ1) is 23.1. The molecule has 1 amide bonds. The summed E-state index contributed by atoms with van der Waals surface area (Å²) in [6.07, 6.45) is 7.88. The Balaban J connectivity index is 1.30. The zero-order valence-electron chi connectivity index (χ0n) is 19.8. The van der Waals surface area contributed by atoms with Crippen LogP contribution in [0, 0.1) is 0 Å². The Bertz CT molecular complexity index is 732. The van der Waals surface area contributed by atoms with E-state index in [-0.39, 0.29) is 12.1 Å². The SMILES string of the molecule is CN=C(NCC(c1ccco1)N1CCCCC1)N1CCN(C(C)C(=O)N2CCCC2)CC1. The van der Waals surface area contributed by atoms with Crippen molar-refractivity contribution in [3.8, 4) is 0 Å². The van der Waals surface area contributed by atoms with Gasteiger partial charge in [0.2, 0.25) is 5.91 Å². The third-order valence-electron chi connectivity index (χ3n) is 7.31. The second-order valence-electron chi connectivity index (χ2n) is 9.29. The standard InChI is InChI=1S/C24H40N6O2/c1-20(23(31)29-12-6-7-13-29)27-14-16-30(17-15-27)24(25-2)26-19-21(22-9-8-18-32-22)28-10-4-3-5-11-28/h8-9,18,20-21H,3-7,10-17,19H2,1-2H3,(H,25,26). The lowest BCUT2D eigenvalue weighted by Gasteiger charge is -2.40. The molecule has 3 aliphatic rings. The van der Waals surface area contributed by atoms with Crippen LogP contribution in [-0.4, -0.2) is 103 Å². The fourth-order valence-electron chi connectivity index (χ4n) is 5.32. The minimum Gasteiger partial charge on any atom is -0.468 e. The lowest BCUT2D eigenvalue weighted by molar-refractivity contribution is -0.135. The monoisotopic (exact) mass is 444 g/mol. The summed E-state index contributed by atoms with van der Waals surface area (Å²) in [5.74, 6) is 2.26. The van der Waals surface area contributed by atoms with Crippen LogP contribution in [0.15, 0.2) is 27.8 Å². The average Bonchev–Trinajstić information content (AvgIpc) is 3.57. The van der Waals surface area contributed by atoms with E-state index in [1.165, 1.54) is 19.3 Å². The summed E-state index contributed by atoms with van der Waals surface area (Å²) >= 11 is 0. The molecule has 8 nitrogen and oxygen atoms in total. The van der Waals surface area contributed by atoms with Gasteiger partial charge in [0.05, 0.1) is 18.3 Å². The van der Waals surface area contributed by atoms with E-state index < -0.39 is 0 Å². The number of furan rings is 1. The minimum absolute atomic E-state index is 0.0346.